The summed E-state index contributed by atoms with van der Waals surface area (Å²) < 4.78 is 10.7. The number of carbonyl (C=O) groups is 1. The van der Waals surface area contributed by atoms with Crippen molar-refractivity contribution in [2.75, 3.05) is 20.0 Å². The molecule has 1 saturated carbocycles. The quantitative estimate of drug-likeness (QED) is 0.459. The van der Waals surface area contributed by atoms with Gasteiger partial charge in [-0.05, 0) is 43.4 Å². The summed E-state index contributed by atoms with van der Waals surface area (Å²) in [6.07, 6.45) is 2.39. The Bertz CT molecular complexity index is 1050. The number of amides is 1. The lowest BCUT2D eigenvalue weighted by atomic mass is 10.1. The molecule has 4 rings (SSSR count). The van der Waals surface area contributed by atoms with Crippen LogP contribution in [0.2, 0.25) is 0 Å². The summed E-state index contributed by atoms with van der Waals surface area (Å²) >= 11 is 1.34. The Hall–Kier alpha value is -3.00. The van der Waals surface area contributed by atoms with E-state index >= 15 is 0 Å². The van der Waals surface area contributed by atoms with E-state index in [4.69, 9.17) is 9.47 Å². The van der Waals surface area contributed by atoms with Gasteiger partial charge >= 0.3 is 0 Å². The van der Waals surface area contributed by atoms with Crippen LogP contribution in [0.5, 0.6) is 11.5 Å². The standard InChI is InChI=1S/C24H28N4O3S/c1-16(18-9-10-18)28(14-17-7-5-4-6-8-17)22(29)15-32-24-25-23(26-27-24)20-12-11-19(30-2)13-21(20)31-3/h4-8,11-13,16,18H,9-10,14-15H2,1-3H3,(H,25,26,27). The fourth-order valence-electron chi connectivity index (χ4n) is 3.71. The highest BCUT2D eigenvalue weighted by atomic mass is 32.2. The third-order valence-electron chi connectivity index (χ3n) is 5.77. The first kappa shape index (κ1) is 22.2. The monoisotopic (exact) mass is 452 g/mol. The molecule has 1 heterocycles. The molecule has 1 aliphatic rings. The summed E-state index contributed by atoms with van der Waals surface area (Å²) in [5, 5.41) is 7.77. The largest absolute Gasteiger partial charge is 0.497 e. The average Bonchev–Trinajstić information content (AvgIpc) is 3.58. The van der Waals surface area contributed by atoms with Gasteiger partial charge in [0, 0.05) is 18.7 Å². The first-order chi connectivity index (χ1) is 15.6. The van der Waals surface area contributed by atoms with Crippen LogP contribution in [0.3, 0.4) is 0 Å². The van der Waals surface area contributed by atoms with Gasteiger partial charge in [-0.1, -0.05) is 42.1 Å². The third kappa shape index (κ3) is 5.24. The SMILES string of the molecule is COc1ccc(-c2nc(SCC(=O)N(Cc3ccccc3)C(C)C3CC3)n[nH]2)c(OC)c1. The molecule has 1 N–H and O–H groups in total. The Morgan fingerprint density at radius 2 is 1.97 bits per heavy atom. The van der Waals surface area contributed by atoms with Gasteiger partial charge in [0.2, 0.25) is 11.1 Å². The first-order valence-corrected chi connectivity index (χ1v) is 11.7. The zero-order chi connectivity index (χ0) is 22.5. The van der Waals surface area contributed by atoms with Gasteiger partial charge < -0.3 is 14.4 Å². The van der Waals surface area contributed by atoms with E-state index in [1.165, 1.54) is 24.6 Å². The number of rotatable bonds is 10. The van der Waals surface area contributed by atoms with Crippen molar-refractivity contribution in [3.63, 3.8) is 0 Å². The van der Waals surface area contributed by atoms with Crippen molar-refractivity contribution in [3.8, 4) is 22.9 Å². The van der Waals surface area contributed by atoms with Gasteiger partial charge in [-0.2, -0.15) is 0 Å². The summed E-state index contributed by atoms with van der Waals surface area (Å²) in [4.78, 5) is 19.7. The van der Waals surface area contributed by atoms with Crippen LogP contribution in [-0.4, -0.2) is 52.0 Å². The van der Waals surface area contributed by atoms with E-state index in [9.17, 15) is 4.79 Å². The average molecular weight is 453 g/mol. The maximum absolute atomic E-state index is 13.1. The molecule has 1 aliphatic carbocycles. The van der Waals surface area contributed by atoms with Crippen molar-refractivity contribution in [2.45, 2.75) is 37.5 Å². The maximum atomic E-state index is 13.1. The van der Waals surface area contributed by atoms with Gasteiger partial charge in [-0.15, -0.1) is 5.10 Å². The minimum absolute atomic E-state index is 0.103. The molecular weight excluding hydrogens is 424 g/mol. The Labute approximate surface area is 192 Å². The highest BCUT2D eigenvalue weighted by Crippen LogP contribution is 2.36. The number of hydrogen-bond donors (Lipinski definition) is 1. The maximum Gasteiger partial charge on any atom is 0.233 e. The van der Waals surface area contributed by atoms with Crippen molar-refractivity contribution in [3.05, 3.63) is 54.1 Å². The molecule has 8 heteroatoms. The Kier molecular flexibility index (Phi) is 6.99. The molecule has 1 amide bonds. The van der Waals surface area contributed by atoms with E-state index in [0.717, 1.165) is 11.1 Å². The minimum atomic E-state index is 0.103. The van der Waals surface area contributed by atoms with Crippen LogP contribution in [0.4, 0.5) is 0 Å². The number of H-pyrrole nitrogens is 1. The molecule has 7 nitrogen and oxygen atoms in total. The molecular formula is C24H28N4O3S. The highest BCUT2D eigenvalue weighted by molar-refractivity contribution is 7.99. The lowest BCUT2D eigenvalue weighted by Crippen LogP contribution is -2.40. The second-order valence-electron chi connectivity index (χ2n) is 7.91. The first-order valence-electron chi connectivity index (χ1n) is 10.7. The number of aromatic nitrogens is 3. The topological polar surface area (TPSA) is 80.3 Å². The smallest absolute Gasteiger partial charge is 0.233 e. The Balaban J connectivity index is 1.43. The van der Waals surface area contributed by atoms with Crippen LogP contribution >= 0.6 is 11.8 Å². The van der Waals surface area contributed by atoms with Gasteiger partial charge in [0.25, 0.3) is 0 Å². The number of aromatic amines is 1. The van der Waals surface area contributed by atoms with E-state index in [-0.39, 0.29) is 11.9 Å². The van der Waals surface area contributed by atoms with Crippen molar-refractivity contribution < 1.29 is 14.3 Å². The molecule has 0 spiro atoms. The number of benzene rings is 2. The van der Waals surface area contributed by atoms with Crippen molar-refractivity contribution in [1.29, 1.82) is 0 Å². The van der Waals surface area contributed by atoms with E-state index in [2.05, 4.69) is 34.2 Å². The molecule has 0 radical (unpaired) electrons. The molecule has 1 atom stereocenters. The van der Waals surface area contributed by atoms with Gasteiger partial charge in [0.05, 0.1) is 25.5 Å². The van der Waals surface area contributed by atoms with Gasteiger partial charge in [-0.25, -0.2) is 4.98 Å². The lowest BCUT2D eigenvalue weighted by molar-refractivity contribution is -0.131. The van der Waals surface area contributed by atoms with Crippen molar-refractivity contribution >= 4 is 17.7 Å². The third-order valence-corrected chi connectivity index (χ3v) is 6.60. The summed E-state index contributed by atoms with van der Waals surface area (Å²) in [7, 11) is 3.21. The van der Waals surface area contributed by atoms with Crippen LogP contribution in [-0.2, 0) is 11.3 Å². The molecule has 1 aromatic heterocycles. The van der Waals surface area contributed by atoms with Gasteiger partial charge in [-0.3, -0.25) is 9.89 Å². The van der Waals surface area contributed by atoms with Crippen LogP contribution in [0.1, 0.15) is 25.3 Å². The zero-order valence-corrected chi connectivity index (χ0v) is 19.4. The van der Waals surface area contributed by atoms with Crippen molar-refractivity contribution in [2.24, 2.45) is 5.92 Å². The van der Waals surface area contributed by atoms with E-state index in [1.807, 2.05) is 35.2 Å². The molecule has 3 aromatic rings. The van der Waals surface area contributed by atoms with E-state index < -0.39 is 0 Å². The number of carbonyl (C=O) groups excluding carboxylic acids is 1. The second kappa shape index (κ2) is 10.1. The summed E-state index contributed by atoms with van der Waals surface area (Å²) in [5.41, 5.74) is 1.93. The van der Waals surface area contributed by atoms with Crippen LogP contribution in [0, 0.1) is 5.92 Å². The molecule has 1 fully saturated rings. The number of nitrogens with zero attached hydrogens (tertiary/aromatic N) is 3. The summed E-state index contributed by atoms with van der Waals surface area (Å²) in [5.74, 6) is 2.93. The second-order valence-corrected chi connectivity index (χ2v) is 8.85. The van der Waals surface area contributed by atoms with Gasteiger partial charge in [0.1, 0.15) is 11.5 Å². The molecule has 0 saturated heterocycles. The number of methoxy groups -OCH3 is 2. The molecule has 0 bridgehead atoms. The zero-order valence-electron chi connectivity index (χ0n) is 18.6. The molecule has 32 heavy (non-hydrogen) atoms. The summed E-state index contributed by atoms with van der Waals surface area (Å²) in [6, 6.07) is 15.9. The van der Waals surface area contributed by atoms with Crippen molar-refractivity contribution in [1.82, 2.24) is 20.1 Å². The highest BCUT2D eigenvalue weighted by Gasteiger charge is 2.34. The summed E-state index contributed by atoms with van der Waals surface area (Å²) in [6.45, 7) is 2.78. The Morgan fingerprint density at radius 1 is 1.19 bits per heavy atom. The molecule has 0 aliphatic heterocycles. The van der Waals surface area contributed by atoms with Crippen LogP contribution < -0.4 is 9.47 Å². The number of hydrogen-bond acceptors (Lipinski definition) is 6. The predicted molar refractivity (Wildman–Crippen MR) is 125 cm³/mol. The van der Waals surface area contributed by atoms with Crippen LogP contribution in [0.25, 0.3) is 11.4 Å². The normalized spacial score (nSPS) is 14.1. The number of ether oxygens (including phenoxy) is 2. The predicted octanol–water partition coefficient (Wildman–Crippen LogP) is 4.41. The number of nitrogens with one attached hydrogen (secondary N) is 1. The van der Waals surface area contributed by atoms with E-state index in [1.54, 1.807) is 20.3 Å². The molecule has 1 unspecified atom stereocenters. The van der Waals surface area contributed by atoms with Gasteiger partial charge in [0.15, 0.2) is 5.82 Å². The lowest BCUT2D eigenvalue weighted by Gasteiger charge is -2.29. The fourth-order valence-corrected chi connectivity index (χ4v) is 4.39. The number of thioether (sulfide) groups is 1. The Morgan fingerprint density at radius 3 is 2.66 bits per heavy atom. The fraction of sp³-hybridized carbons (Fsp3) is 0.375. The molecule has 2 aromatic carbocycles. The van der Waals surface area contributed by atoms with Crippen LogP contribution in [0.15, 0.2) is 53.7 Å². The van der Waals surface area contributed by atoms with E-state index in [0.29, 0.717) is 40.7 Å². The minimum Gasteiger partial charge on any atom is -0.497 e. The molecule has 168 valence electrons.